The minimum absolute atomic E-state index is 0.0156. The summed E-state index contributed by atoms with van der Waals surface area (Å²) >= 11 is 0. The fraction of sp³-hybridized carbons (Fsp3) is 0.250. The first-order chi connectivity index (χ1) is 11.1. The van der Waals surface area contributed by atoms with Crippen molar-refractivity contribution in [1.82, 2.24) is 5.32 Å². The molecular weight excluding hydrogens is 286 g/mol. The van der Waals surface area contributed by atoms with E-state index < -0.39 is 6.09 Å². The van der Waals surface area contributed by atoms with Crippen molar-refractivity contribution in [2.75, 3.05) is 0 Å². The molecule has 2 aromatic carbocycles. The normalized spacial score (nSPS) is 11.5. The Morgan fingerprint density at radius 2 is 1.61 bits per heavy atom. The van der Waals surface area contributed by atoms with Crippen LogP contribution in [0.5, 0.6) is 0 Å². The van der Waals surface area contributed by atoms with Gasteiger partial charge in [-0.2, -0.15) is 0 Å². The van der Waals surface area contributed by atoms with Crippen LogP contribution in [0.3, 0.4) is 0 Å². The van der Waals surface area contributed by atoms with E-state index in [0.717, 1.165) is 24.0 Å². The monoisotopic (exact) mass is 309 g/mol. The molecule has 0 aliphatic rings. The van der Waals surface area contributed by atoms with Gasteiger partial charge in [-0.15, -0.1) is 6.58 Å². The molecule has 1 unspecified atom stereocenters. The van der Waals surface area contributed by atoms with Gasteiger partial charge < -0.3 is 10.1 Å². The molecule has 3 heteroatoms. The Bertz CT molecular complexity index is 623. The van der Waals surface area contributed by atoms with Crippen molar-refractivity contribution in [1.29, 1.82) is 0 Å². The van der Waals surface area contributed by atoms with Gasteiger partial charge in [-0.05, 0) is 30.9 Å². The van der Waals surface area contributed by atoms with Crippen molar-refractivity contribution in [3.63, 3.8) is 0 Å². The molecule has 2 rings (SSSR count). The van der Waals surface area contributed by atoms with E-state index in [-0.39, 0.29) is 12.6 Å². The van der Waals surface area contributed by atoms with E-state index in [1.165, 1.54) is 5.56 Å². The van der Waals surface area contributed by atoms with Crippen LogP contribution in [0.25, 0.3) is 0 Å². The summed E-state index contributed by atoms with van der Waals surface area (Å²) in [5.74, 6) is 0. The van der Waals surface area contributed by atoms with Crippen LogP contribution in [0.4, 0.5) is 4.79 Å². The number of nitrogens with one attached hydrogen (secondary N) is 1. The molecule has 3 nitrogen and oxygen atoms in total. The minimum Gasteiger partial charge on any atom is -0.445 e. The summed E-state index contributed by atoms with van der Waals surface area (Å²) in [5.41, 5.74) is 3.19. The summed E-state index contributed by atoms with van der Waals surface area (Å²) in [6.07, 6.45) is 1.10. The van der Waals surface area contributed by atoms with Gasteiger partial charge in [0.05, 0.1) is 0 Å². The van der Waals surface area contributed by atoms with Crippen molar-refractivity contribution in [3.8, 4) is 0 Å². The highest BCUT2D eigenvalue weighted by Gasteiger charge is 2.14. The topological polar surface area (TPSA) is 38.3 Å². The average molecular weight is 309 g/mol. The number of carbonyl (C=O) groups is 1. The molecule has 2 aromatic rings. The largest absolute Gasteiger partial charge is 0.445 e. The zero-order valence-corrected chi connectivity index (χ0v) is 13.5. The first-order valence-electron chi connectivity index (χ1n) is 7.79. The molecule has 0 saturated carbocycles. The highest BCUT2D eigenvalue weighted by atomic mass is 16.5. The molecule has 0 radical (unpaired) electrons. The fourth-order valence-corrected chi connectivity index (χ4v) is 2.42. The smallest absolute Gasteiger partial charge is 0.407 e. The maximum absolute atomic E-state index is 12.0. The molecule has 23 heavy (non-hydrogen) atoms. The number of ether oxygens (including phenoxy) is 1. The van der Waals surface area contributed by atoms with Crippen molar-refractivity contribution in [3.05, 3.63) is 83.9 Å². The molecular formula is C20H23NO2. The molecule has 1 amide bonds. The Balaban J connectivity index is 1.88. The third-order valence-electron chi connectivity index (χ3n) is 3.45. The van der Waals surface area contributed by atoms with Crippen LogP contribution in [-0.2, 0) is 17.8 Å². The van der Waals surface area contributed by atoms with Crippen molar-refractivity contribution >= 4 is 6.09 Å². The second-order valence-corrected chi connectivity index (χ2v) is 5.75. The number of benzene rings is 2. The lowest BCUT2D eigenvalue weighted by Crippen LogP contribution is -2.37. The Morgan fingerprint density at radius 3 is 2.17 bits per heavy atom. The number of alkyl carbamates (subject to hydrolysis) is 1. The predicted molar refractivity (Wildman–Crippen MR) is 93.1 cm³/mol. The quantitative estimate of drug-likeness (QED) is 0.765. The predicted octanol–water partition coefficient (Wildman–Crippen LogP) is 4.49. The van der Waals surface area contributed by atoms with Gasteiger partial charge in [-0.3, -0.25) is 0 Å². The Morgan fingerprint density at radius 1 is 1.04 bits per heavy atom. The van der Waals surface area contributed by atoms with E-state index in [1.807, 2.05) is 55.5 Å². The molecule has 1 N–H and O–H groups in total. The summed E-state index contributed by atoms with van der Waals surface area (Å²) < 4.78 is 5.30. The molecule has 0 spiro atoms. The number of carbonyl (C=O) groups excluding carboxylic acids is 1. The molecule has 0 bridgehead atoms. The van der Waals surface area contributed by atoms with Crippen LogP contribution < -0.4 is 5.32 Å². The minimum atomic E-state index is -0.393. The van der Waals surface area contributed by atoms with E-state index in [9.17, 15) is 4.79 Å². The molecule has 0 fully saturated rings. The lowest BCUT2D eigenvalue weighted by molar-refractivity contribution is 0.135. The Labute approximate surface area is 138 Å². The highest BCUT2D eigenvalue weighted by molar-refractivity contribution is 5.67. The summed E-state index contributed by atoms with van der Waals surface area (Å²) in [7, 11) is 0. The lowest BCUT2D eigenvalue weighted by atomic mass is 10.0. The summed E-state index contributed by atoms with van der Waals surface area (Å²) in [4.78, 5) is 12.0. The number of rotatable bonds is 7. The number of hydrogen-bond acceptors (Lipinski definition) is 2. The van der Waals surface area contributed by atoms with E-state index in [0.29, 0.717) is 0 Å². The molecule has 0 aliphatic carbocycles. The molecule has 0 saturated heterocycles. The molecule has 120 valence electrons. The first-order valence-corrected chi connectivity index (χ1v) is 7.79. The van der Waals surface area contributed by atoms with Gasteiger partial charge >= 0.3 is 6.09 Å². The Hall–Kier alpha value is -2.55. The van der Waals surface area contributed by atoms with Crippen LogP contribution in [0.1, 0.15) is 24.5 Å². The van der Waals surface area contributed by atoms with Crippen LogP contribution in [0, 0.1) is 0 Å². The fourth-order valence-electron chi connectivity index (χ4n) is 2.42. The highest BCUT2D eigenvalue weighted by Crippen LogP contribution is 2.10. The zero-order chi connectivity index (χ0) is 16.5. The second kappa shape index (κ2) is 8.79. The SMILES string of the molecule is C=C(C)CC(Cc1ccccc1)NC(=O)OCc1ccccc1. The van der Waals surface area contributed by atoms with Gasteiger partial charge in [0.25, 0.3) is 0 Å². The summed E-state index contributed by atoms with van der Waals surface area (Å²) in [6, 6.07) is 19.7. The first kappa shape index (κ1) is 16.8. The maximum atomic E-state index is 12.0. The Kier molecular flexibility index (Phi) is 6.42. The maximum Gasteiger partial charge on any atom is 0.407 e. The van der Waals surface area contributed by atoms with Crippen LogP contribution in [0.2, 0.25) is 0 Å². The van der Waals surface area contributed by atoms with Crippen molar-refractivity contribution < 1.29 is 9.53 Å². The molecule has 0 heterocycles. The molecule has 1 atom stereocenters. The third kappa shape index (κ3) is 6.39. The van der Waals surface area contributed by atoms with Crippen molar-refractivity contribution in [2.45, 2.75) is 32.4 Å². The van der Waals surface area contributed by atoms with Gasteiger partial charge in [-0.1, -0.05) is 66.2 Å². The summed E-state index contributed by atoms with van der Waals surface area (Å²) in [5, 5.41) is 2.95. The van der Waals surface area contributed by atoms with Gasteiger partial charge in [0, 0.05) is 6.04 Å². The average Bonchev–Trinajstić information content (AvgIpc) is 2.54. The van der Waals surface area contributed by atoms with E-state index in [1.54, 1.807) is 0 Å². The third-order valence-corrected chi connectivity index (χ3v) is 3.45. The molecule has 0 aromatic heterocycles. The van der Waals surface area contributed by atoms with Crippen LogP contribution >= 0.6 is 0 Å². The standard InChI is InChI=1S/C20H23NO2/c1-16(2)13-19(14-17-9-5-3-6-10-17)21-20(22)23-15-18-11-7-4-8-12-18/h3-12,19H,1,13-15H2,2H3,(H,21,22). The van der Waals surface area contributed by atoms with Gasteiger partial charge in [0.2, 0.25) is 0 Å². The summed E-state index contributed by atoms with van der Waals surface area (Å²) in [6.45, 7) is 6.19. The van der Waals surface area contributed by atoms with E-state index >= 15 is 0 Å². The zero-order valence-electron chi connectivity index (χ0n) is 13.5. The van der Waals surface area contributed by atoms with Crippen molar-refractivity contribution in [2.24, 2.45) is 0 Å². The van der Waals surface area contributed by atoms with E-state index in [2.05, 4.69) is 24.0 Å². The number of amides is 1. The van der Waals surface area contributed by atoms with Gasteiger partial charge in [0.15, 0.2) is 0 Å². The second-order valence-electron chi connectivity index (χ2n) is 5.75. The van der Waals surface area contributed by atoms with Crippen LogP contribution in [0.15, 0.2) is 72.8 Å². The number of hydrogen-bond donors (Lipinski definition) is 1. The van der Waals surface area contributed by atoms with Gasteiger partial charge in [0.1, 0.15) is 6.61 Å². The molecule has 0 aliphatic heterocycles. The van der Waals surface area contributed by atoms with Gasteiger partial charge in [-0.25, -0.2) is 4.79 Å². The van der Waals surface area contributed by atoms with E-state index in [4.69, 9.17) is 4.74 Å². The lowest BCUT2D eigenvalue weighted by Gasteiger charge is -2.19. The van der Waals surface area contributed by atoms with Crippen LogP contribution in [-0.4, -0.2) is 12.1 Å².